The molecule has 0 N–H and O–H groups in total. The summed E-state index contributed by atoms with van der Waals surface area (Å²) in [6.45, 7) is 0.860. The van der Waals surface area contributed by atoms with E-state index in [1.165, 1.54) is 11.3 Å². The van der Waals surface area contributed by atoms with Crippen LogP contribution in [0.4, 0.5) is 5.69 Å². The Kier molecular flexibility index (Phi) is 4.26. The van der Waals surface area contributed by atoms with Gasteiger partial charge in [0.2, 0.25) is 0 Å². The zero-order chi connectivity index (χ0) is 13.0. The van der Waals surface area contributed by atoms with Gasteiger partial charge < -0.3 is 9.64 Å². The molecular weight excluding hydrogens is 290 g/mol. The molecule has 18 heavy (non-hydrogen) atoms. The minimum atomic E-state index is 0.860. The molecule has 0 saturated heterocycles. The first kappa shape index (κ1) is 13.0. The summed E-state index contributed by atoms with van der Waals surface area (Å²) in [5.74, 6) is 0.900. The molecule has 0 aromatic heterocycles. The Balaban J connectivity index is 2.10. The number of methoxy groups -OCH3 is 1. The highest BCUT2D eigenvalue weighted by molar-refractivity contribution is 9.10. The standard InChI is InChI=1S/C15H16BrNO/c1-17(14-8-6-13(16)7-9-14)11-12-4-3-5-15(10-12)18-2/h3-10H,11H2,1-2H3. The summed E-state index contributed by atoms with van der Waals surface area (Å²) in [4.78, 5) is 2.21. The number of hydrogen-bond donors (Lipinski definition) is 0. The maximum Gasteiger partial charge on any atom is 0.119 e. The summed E-state index contributed by atoms with van der Waals surface area (Å²) >= 11 is 3.45. The van der Waals surface area contributed by atoms with Crippen LogP contribution in [0, 0.1) is 0 Å². The van der Waals surface area contributed by atoms with Gasteiger partial charge in [0.1, 0.15) is 5.75 Å². The van der Waals surface area contributed by atoms with Gasteiger partial charge in [0.15, 0.2) is 0 Å². The van der Waals surface area contributed by atoms with Crippen LogP contribution in [0.2, 0.25) is 0 Å². The Morgan fingerprint density at radius 1 is 1.11 bits per heavy atom. The van der Waals surface area contributed by atoms with Crippen LogP contribution in [-0.2, 0) is 6.54 Å². The van der Waals surface area contributed by atoms with E-state index in [9.17, 15) is 0 Å². The van der Waals surface area contributed by atoms with E-state index in [-0.39, 0.29) is 0 Å². The molecule has 0 heterocycles. The molecule has 0 saturated carbocycles. The molecule has 0 unspecified atom stereocenters. The van der Waals surface area contributed by atoms with Crippen molar-refractivity contribution in [3.8, 4) is 5.75 Å². The molecule has 94 valence electrons. The number of nitrogens with zero attached hydrogens (tertiary/aromatic N) is 1. The second-order valence-corrected chi connectivity index (χ2v) is 5.10. The molecule has 0 atom stereocenters. The van der Waals surface area contributed by atoms with Crippen molar-refractivity contribution in [1.29, 1.82) is 0 Å². The average Bonchev–Trinajstić information content (AvgIpc) is 2.39. The molecule has 0 fully saturated rings. The Morgan fingerprint density at radius 2 is 1.83 bits per heavy atom. The summed E-state index contributed by atoms with van der Waals surface area (Å²) in [5.41, 5.74) is 2.43. The second-order valence-electron chi connectivity index (χ2n) is 4.18. The van der Waals surface area contributed by atoms with Crippen molar-refractivity contribution in [3.63, 3.8) is 0 Å². The normalized spacial score (nSPS) is 10.2. The Morgan fingerprint density at radius 3 is 2.50 bits per heavy atom. The highest BCUT2D eigenvalue weighted by Gasteiger charge is 2.03. The minimum Gasteiger partial charge on any atom is -0.497 e. The fraction of sp³-hybridized carbons (Fsp3) is 0.200. The molecule has 0 radical (unpaired) electrons. The third-order valence-electron chi connectivity index (χ3n) is 2.82. The van der Waals surface area contributed by atoms with E-state index in [4.69, 9.17) is 4.74 Å². The Hall–Kier alpha value is -1.48. The molecular formula is C15H16BrNO. The zero-order valence-electron chi connectivity index (χ0n) is 10.6. The SMILES string of the molecule is COc1cccc(CN(C)c2ccc(Br)cc2)c1. The molecule has 0 amide bonds. The third-order valence-corrected chi connectivity index (χ3v) is 3.35. The van der Waals surface area contributed by atoms with Crippen LogP contribution in [0.5, 0.6) is 5.75 Å². The Labute approximate surface area is 116 Å². The van der Waals surface area contributed by atoms with E-state index in [2.05, 4.69) is 64.3 Å². The van der Waals surface area contributed by atoms with E-state index in [1.807, 2.05) is 12.1 Å². The first-order valence-electron chi connectivity index (χ1n) is 5.78. The summed E-state index contributed by atoms with van der Waals surface area (Å²) < 4.78 is 6.33. The maximum atomic E-state index is 5.23. The first-order valence-corrected chi connectivity index (χ1v) is 6.58. The van der Waals surface area contributed by atoms with Crippen molar-refractivity contribution in [2.45, 2.75) is 6.54 Å². The van der Waals surface area contributed by atoms with Crippen molar-refractivity contribution in [3.05, 3.63) is 58.6 Å². The third kappa shape index (κ3) is 3.26. The largest absolute Gasteiger partial charge is 0.497 e. The van der Waals surface area contributed by atoms with E-state index >= 15 is 0 Å². The monoisotopic (exact) mass is 305 g/mol. The zero-order valence-corrected chi connectivity index (χ0v) is 12.1. The molecule has 0 spiro atoms. The quantitative estimate of drug-likeness (QED) is 0.843. The maximum absolute atomic E-state index is 5.23. The van der Waals surface area contributed by atoms with Gasteiger partial charge in [-0.05, 0) is 42.0 Å². The van der Waals surface area contributed by atoms with Crippen molar-refractivity contribution in [2.75, 3.05) is 19.1 Å². The first-order chi connectivity index (χ1) is 8.69. The van der Waals surface area contributed by atoms with Crippen molar-refractivity contribution >= 4 is 21.6 Å². The van der Waals surface area contributed by atoms with Gasteiger partial charge in [-0.25, -0.2) is 0 Å². The van der Waals surface area contributed by atoms with E-state index in [0.717, 1.165) is 16.8 Å². The van der Waals surface area contributed by atoms with Crippen LogP contribution < -0.4 is 9.64 Å². The molecule has 2 aromatic carbocycles. The predicted octanol–water partition coefficient (Wildman–Crippen LogP) is 4.09. The van der Waals surface area contributed by atoms with E-state index in [0.29, 0.717) is 0 Å². The minimum absolute atomic E-state index is 0.860. The van der Waals surface area contributed by atoms with Gasteiger partial charge in [0.25, 0.3) is 0 Å². The Bertz CT molecular complexity index is 510. The smallest absolute Gasteiger partial charge is 0.119 e. The fourth-order valence-electron chi connectivity index (χ4n) is 1.83. The molecule has 0 bridgehead atoms. The van der Waals surface area contributed by atoms with Crippen LogP contribution >= 0.6 is 15.9 Å². The number of anilines is 1. The lowest BCUT2D eigenvalue weighted by Crippen LogP contribution is -2.16. The lowest BCUT2D eigenvalue weighted by atomic mass is 10.2. The van der Waals surface area contributed by atoms with Gasteiger partial charge in [-0.3, -0.25) is 0 Å². The second kappa shape index (κ2) is 5.91. The highest BCUT2D eigenvalue weighted by Crippen LogP contribution is 2.20. The van der Waals surface area contributed by atoms with Gasteiger partial charge in [-0.1, -0.05) is 28.1 Å². The highest BCUT2D eigenvalue weighted by atomic mass is 79.9. The molecule has 2 rings (SSSR count). The lowest BCUT2D eigenvalue weighted by Gasteiger charge is -2.19. The van der Waals surface area contributed by atoms with Crippen molar-refractivity contribution < 1.29 is 4.74 Å². The topological polar surface area (TPSA) is 12.5 Å². The lowest BCUT2D eigenvalue weighted by molar-refractivity contribution is 0.414. The number of hydrogen-bond acceptors (Lipinski definition) is 2. The summed E-state index contributed by atoms with van der Waals surface area (Å²) in [6.07, 6.45) is 0. The van der Waals surface area contributed by atoms with Gasteiger partial charge in [0, 0.05) is 23.8 Å². The van der Waals surface area contributed by atoms with Crippen LogP contribution in [0.3, 0.4) is 0 Å². The fourth-order valence-corrected chi connectivity index (χ4v) is 2.10. The van der Waals surface area contributed by atoms with E-state index < -0.39 is 0 Å². The number of rotatable bonds is 4. The summed E-state index contributed by atoms with van der Waals surface area (Å²) in [5, 5.41) is 0. The van der Waals surface area contributed by atoms with Gasteiger partial charge >= 0.3 is 0 Å². The molecule has 2 aromatic rings. The van der Waals surface area contributed by atoms with Gasteiger partial charge in [0.05, 0.1) is 7.11 Å². The van der Waals surface area contributed by atoms with Crippen LogP contribution in [0.1, 0.15) is 5.56 Å². The number of ether oxygens (including phenoxy) is 1. The average molecular weight is 306 g/mol. The molecule has 3 heteroatoms. The molecule has 0 aliphatic heterocycles. The predicted molar refractivity (Wildman–Crippen MR) is 79.2 cm³/mol. The molecule has 2 nitrogen and oxygen atoms in total. The summed E-state index contributed by atoms with van der Waals surface area (Å²) in [7, 11) is 3.78. The van der Waals surface area contributed by atoms with Crippen LogP contribution in [0.15, 0.2) is 53.0 Å². The van der Waals surface area contributed by atoms with Crippen molar-refractivity contribution in [2.24, 2.45) is 0 Å². The van der Waals surface area contributed by atoms with Gasteiger partial charge in [-0.2, -0.15) is 0 Å². The molecule has 0 aliphatic carbocycles. The van der Waals surface area contributed by atoms with Crippen LogP contribution in [0.25, 0.3) is 0 Å². The molecule has 0 aliphatic rings. The number of halogens is 1. The van der Waals surface area contributed by atoms with E-state index in [1.54, 1.807) is 7.11 Å². The van der Waals surface area contributed by atoms with Gasteiger partial charge in [-0.15, -0.1) is 0 Å². The summed E-state index contributed by atoms with van der Waals surface area (Å²) in [6, 6.07) is 16.5. The van der Waals surface area contributed by atoms with Crippen LogP contribution in [-0.4, -0.2) is 14.2 Å². The number of benzene rings is 2. The van der Waals surface area contributed by atoms with Crippen molar-refractivity contribution in [1.82, 2.24) is 0 Å².